The van der Waals surface area contributed by atoms with E-state index in [-0.39, 0.29) is 0 Å². The first kappa shape index (κ1) is 12.8. The molecule has 0 aliphatic heterocycles. The van der Waals surface area contributed by atoms with Crippen molar-refractivity contribution in [3.63, 3.8) is 0 Å². The molecule has 0 radical (unpaired) electrons. The minimum atomic E-state index is -0.574. The van der Waals surface area contributed by atoms with Crippen LogP contribution in [0.15, 0.2) is 18.5 Å². The van der Waals surface area contributed by atoms with E-state index in [1.807, 2.05) is 6.07 Å². The minimum absolute atomic E-state index is 0.574. The van der Waals surface area contributed by atoms with Gasteiger partial charge in [0.2, 0.25) is 0 Å². The lowest BCUT2D eigenvalue weighted by Gasteiger charge is -2.27. The molecule has 2 nitrogen and oxygen atoms in total. The van der Waals surface area contributed by atoms with Crippen LogP contribution < -0.4 is 0 Å². The second-order valence-corrected chi connectivity index (χ2v) is 5.81. The van der Waals surface area contributed by atoms with Gasteiger partial charge >= 0.3 is 0 Å². The average Bonchev–Trinajstić information content (AvgIpc) is 2.45. The van der Waals surface area contributed by atoms with Gasteiger partial charge in [0.25, 0.3) is 0 Å². The van der Waals surface area contributed by atoms with Crippen molar-refractivity contribution in [1.29, 1.82) is 0 Å². The van der Waals surface area contributed by atoms with Crippen LogP contribution in [0.25, 0.3) is 0 Å². The first-order chi connectivity index (χ1) is 8.09. The molecular weight excluding hydrogens is 234 g/mol. The van der Waals surface area contributed by atoms with E-state index in [2.05, 4.69) is 11.9 Å². The van der Waals surface area contributed by atoms with Crippen LogP contribution in [0.2, 0.25) is 5.02 Å². The van der Waals surface area contributed by atoms with Crippen molar-refractivity contribution < 1.29 is 5.11 Å². The van der Waals surface area contributed by atoms with Crippen LogP contribution in [0.1, 0.15) is 44.6 Å². The quantitative estimate of drug-likeness (QED) is 0.817. The lowest BCUT2D eigenvalue weighted by Crippen LogP contribution is -2.30. The van der Waals surface area contributed by atoms with E-state index in [0.717, 1.165) is 37.2 Å². The van der Waals surface area contributed by atoms with Crippen LogP contribution in [0.4, 0.5) is 0 Å². The summed E-state index contributed by atoms with van der Waals surface area (Å²) in [5, 5.41) is 11.3. The Labute approximate surface area is 108 Å². The van der Waals surface area contributed by atoms with Gasteiger partial charge in [-0.1, -0.05) is 31.4 Å². The number of aromatic nitrogens is 1. The van der Waals surface area contributed by atoms with Crippen LogP contribution in [-0.2, 0) is 6.42 Å². The third-order valence-electron chi connectivity index (χ3n) is 3.82. The molecule has 1 N–H and O–H groups in total. The molecule has 1 fully saturated rings. The van der Waals surface area contributed by atoms with Gasteiger partial charge in [-0.2, -0.15) is 0 Å². The summed E-state index contributed by atoms with van der Waals surface area (Å²) in [6.07, 6.45) is 9.26. The highest BCUT2D eigenvalue weighted by molar-refractivity contribution is 6.31. The second kappa shape index (κ2) is 5.36. The van der Waals surface area contributed by atoms with Gasteiger partial charge in [-0.25, -0.2) is 0 Å². The molecule has 17 heavy (non-hydrogen) atoms. The molecule has 94 valence electrons. The maximum atomic E-state index is 10.7. The Balaban J connectivity index is 2.09. The van der Waals surface area contributed by atoms with Crippen molar-refractivity contribution in [2.45, 2.75) is 51.0 Å². The van der Waals surface area contributed by atoms with Gasteiger partial charge in [-0.15, -0.1) is 0 Å². The summed E-state index contributed by atoms with van der Waals surface area (Å²) >= 11 is 6.10. The molecule has 1 aliphatic rings. The normalized spacial score (nSPS) is 29.9. The first-order valence-electron chi connectivity index (χ1n) is 6.40. The standard InChI is InChI=1S/C14H20ClNO/c1-11-3-2-6-14(17,7-4-11)9-12-5-8-16-10-13(12)15/h5,8,10-11,17H,2-4,6-7,9H2,1H3. The molecule has 1 aliphatic carbocycles. The summed E-state index contributed by atoms with van der Waals surface area (Å²) in [6, 6.07) is 1.91. The minimum Gasteiger partial charge on any atom is -0.390 e. The zero-order valence-corrected chi connectivity index (χ0v) is 11.1. The highest BCUT2D eigenvalue weighted by atomic mass is 35.5. The fourth-order valence-corrected chi connectivity index (χ4v) is 2.83. The molecule has 0 aromatic carbocycles. The molecule has 1 saturated carbocycles. The summed E-state index contributed by atoms with van der Waals surface area (Å²) in [5.41, 5.74) is 0.439. The van der Waals surface area contributed by atoms with Gasteiger partial charge < -0.3 is 5.11 Å². The van der Waals surface area contributed by atoms with E-state index in [1.54, 1.807) is 12.4 Å². The van der Waals surface area contributed by atoms with Crippen LogP contribution in [0.5, 0.6) is 0 Å². The highest BCUT2D eigenvalue weighted by Crippen LogP contribution is 2.33. The maximum absolute atomic E-state index is 10.7. The van der Waals surface area contributed by atoms with E-state index >= 15 is 0 Å². The van der Waals surface area contributed by atoms with E-state index in [4.69, 9.17) is 11.6 Å². The van der Waals surface area contributed by atoms with Gasteiger partial charge in [0.15, 0.2) is 0 Å². The Kier molecular flexibility index (Phi) is 4.05. The number of aliphatic hydroxyl groups is 1. The Morgan fingerprint density at radius 3 is 3.06 bits per heavy atom. The Hall–Kier alpha value is -0.600. The van der Waals surface area contributed by atoms with Gasteiger partial charge in [0.05, 0.1) is 10.6 Å². The Morgan fingerprint density at radius 2 is 2.29 bits per heavy atom. The van der Waals surface area contributed by atoms with Gasteiger partial charge in [-0.3, -0.25) is 4.98 Å². The van der Waals surface area contributed by atoms with Crippen molar-refractivity contribution in [3.05, 3.63) is 29.0 Å². The lowest BCUT2D eigenvalue weighted by atomic mass is 9.87. The molecular formula is C14H20ClNO. The zero-order valence-electron chi connectivity index (χ0n) is 10.3. The third kappa shape index (κ3) is 3.43. The predicted molar refractivity (Wildman–Crippen MR) is 70.1 cm³/mol. The summed E-state index contributed by atoms with van der Waals surface area (Å²) in [7, 11) is 0. The van der Waals surface area contributed by atoms with Crippen LogP contribution in [0, 0.1) is 5.92 Å². The van der Waals surface area contributed by atoms with Gasteiger partial charge in [0, 0.05) is 18.8 Å². The molecule has 1 aromatic rings. The summed E-state index contributed by atoms with van der Waals surface area (Å²) in [5.74, 6) is 0.733. The predicted octanol–water partition coefficient (Wildman–Crippen LogP) is 3.61. The molecule has 0 bridgehead atoms. The van der Waals surface area contributed by atoms with Crippen molar-refractivity contribution in [1.82, 2.24) is 4.98 Å². The van der Waals surface area contributed by atoms with Crippen LogP contribution >= 0.6 is 11.6 Å². The molecule has 2 rings (SSSR count). The van der Waals surface area contributed by atoms with Crippen molar-refractivity contribution in [2.75, 3.05) is 0 Å². The topological polar surface area (TPSA) is 33.1 Å². The Bertz CT molecular complexity index is 382. The van der Waals surface area contributed by atoms with Gasteiger partial charge in [-0.05, 0) is 36.8 Å². The smallest absolute Gasteiger partial charge is 0.0688 e. The molecule has 2 atom stereocenters. The largest absolute Gasteiger partial charge is 0.390 e. The highest BCUT2D eigenvalue weighted by Gasteiger charge is 2.30. The molecule has 0 amide bonds. The summed E-state index contributed by atoms with van der Waals surface area (Å²) in [4.78, 5) is 3.98. The Morgan fingerprint density at radius 1 is 1.47 bits per heavy atom. The first-order valence-corrected chi connectivity index (χ1v) is 6.78. The van der Waals surface area contributed by atoms with E-state index in [1.165, 1.54) is 6.42 Å². The van der Waals surface area contributed by atoms with E-state index < -0.39 is 5.60 Å². The monoisotopic (exact) mass is 253 g/mol. The summed E-state index contributed by atoms with van der Waals surface area (Å²) < 4.78 is 0. The van der Waals surface area contributed by atoms with Crippen molar-refractivity contribution in [2.24, 2.45) is 5.92 Å². The molecule has 2 unspecified atom stereocenters. The fraction of sp³-hybridized carbons (Fsp3) is 0.643. The average molecular weight is 254 g/mol. The van der Waals surface area contributed by atoms with E-state index in [0.29, 0.717) is 11.4 Å². The number of rotatable bonds is 2. The maximum Gasteiger partial charge on any atom is 0.0688 e. The third-order valence-corrected chi connectivity index (χ3v) is 4.16. The number of nitrogens with zero attached hydrogens (tertiary/aromatic N) is 1. The molecule has 0 saturated heterocycles. The number of hydrogen-bond donors (Lipinski definition) is 1. The SMILES string of the molecule is CC1CCCC(O)(Cc2ccncc2Cl)CC1. The number of pyridine rings is 1. The number of hydrogen-bond acceptors (Lipinski definition) is 2. The van der Waals surface area contributed by atoms with Crippen LogP contribution in [-0.4, -0.2) is 15.7 Å². The van der Waals surface area contributed by atoms with Crippen molar-refractivity contribution >= 4 is 11.6 Å². The lowest BCUT2D eigenvalue weighted by molar-refractivity contribution is 0.0244. The molecule has 1 heterocycles. The molecule has 0 spiro atoms. The number of halogens is 1. The summed E-state index contributed by atoms with van der Waals surface area (Å²) in [6.45, 7) is 2.27. The van der Waals surface area contributed by atoms with Crippen LogP contribution in [0.3, 0.4) is 0 Å². The molecule has 1 aromatic heterocycles. The van der Waals surface area contributed by atoms with Crippen molar-refractivity contribution in [3.8, 4) is 0 Å². The second-order valence-electron chi connectivity index (χ2n) is 5.40. The molecule has 3 heteroatoms. The van der Waals surface area contributed by atoms with E-state index in [9.17, 15) is 5.11 Å². The fourth-order valence-electron chi connectivity index (χ4n) is 2.64. The zero-order chi connectivity index (χ0) is 12.3. The van der Waals surface area contributed by atoms with Gasteiger partial charge in [0.1, 0.15) is 0 Å².